The van der Waals surface area contributed by atoms with Crippen LogP contribution in [0.2, 0.25) is 0 Å². The number of rotatable bonds is 20. The van der Waals surface area contributed by atoms with E-state index in [4.69, 9.17) is 18.9 Å². The van der Waals surface area contributed by atoms with Crippen LogP contribution in [0.3, 0.4) is 0 Å². The van der Waals surface area contributed by atoms with Gasteiger partial charge in [-0.15, -0.1) is 0 Å². The molecule has 0 aromatic rings. The fourth-order valence-corrected chi connectivity index (χ4v) is 3.88. The molecule has 0 bridgehead atoms. The Bertz CT molecular complexity index is 568. The SMILES string of the molecule is COC[C@H]1C[C@H](OC)CC1C(=O)CCCCC(=O)COCCOCCNC(=O)CCC=O. The molecule has 32 heavy (non-hydrogen) atoms. The minimum Gasteiger partial charge on any atom is -0.384 e. The molecule has 0 aliphatic heterocycles. The lowest BCUT2D eigenvalue weighted by atomic mass is 9.90. The average Bonchev–Trinajstić information content (AvgIpc) is 3.20. The summed E-state index contributed by atoms with van der Waals surface area (Å²) < 4.78 is 21.3. The molecule has 1 saturated carbocycles. The van der Waals surface area contributed by atoms with Crippen molar-refractivity contribution in [2.45, 2.75) is 57.5 Å². The Hall–Kier alpha value is -1.68. The van der Waals surface area contributed by atoms with Gasteiger partial charge in [0, 0.05) is 59.0 Å². The van der Waals surface area contributed by atoms with Crippen LogP contribution in [0.1, 0.15) is 51.4 Å². The van der Waals surface area contributed by atoms with Crippen LogP contribution in [0.15, 0.2) is 0 Å². The second-order valence-corrected chi connectivity index (χ2v) is 8.08. The van der Waals surface area contributed by atoms with Crippen molar-refractivity contribution >= 4 is 23.8 Å². The number of nitrogens with one attached hydrogen (secondary N) is 1. The van der Waals surface area contributed by atoms with Gasteiger partial charge in [0.15, 0.2) is 5.78 Å². The molecular formula is C23H39NO8. The Morgan fingerprint density at radius 2 is 1.72 bits per heavy atom. The van der Waals surface area contributed by atoms with Gasteiger partial charge in [-0.3, -0.25) is 14.4 Å². The summed E-state index contributed by atoms with van der Waals surface area (Å²) in [6, 6.07) is 0. The first-order valence-electron chi connectivity index (χ1n) is 11.4. The highest BCUT2D eigenvalue weighted by Crippen LogP contribution is 2.35. The van der Waals surface area contributed by atoms with Crippen LogP contribution in [-0.4, -0.2) is 83.7 Å². The van der Waals surface area contributed by atoms with Crippen molar-refractivity contribution in [2.24, 2.45) is 11.8 Å². The molecule has 184 valence electrons. The number of hydrogen-bond donors (Lipinski definition) is 1. The highest BCUT2D eigenvalue weighted by atomic mass is 16.5. The first-order chi connectivity index (χ1) is 15.5. The molecular weight excluding hydrogens is 418 g/mol. The van der Waals surface area contributed by atoms with Crippen molar-refractivity contribution < 1.29 is 38.1 Å². The highest BCUT2D eigenvalue weighted by molar-refractivity contribution is 5.82. The summed E-state index contributed by atoms with van der Waals surface area (Å²) in [7, 11) is 3.33. The lowest BCUT2D eigenvalue weighted by Crippen LogP contribution is -2.27. The third-order valence-electron chi connectivity index (χ3n) is 5.60. The van der Waals surface area contributed by atoms with E-state index in [0.29, 0.717) is 64.9 Å². The predicted octanol–water partition coefficient (Wildman–Crippen LogP) is 1.50. The van der Waals surface area contributed by atoms with Gasteiger partial charge in [0.25, 0.3) is 0 Å². The molecule has 0 spiro atoms. The third kappa shape index (κ3) is 12.4. The molecule has 0 radical (unpaired) electrons. The van der Waals surface area contributed by atoms with E-state index in [9.17, 15) is 19.2 Å². The molecule has 1 aliphatic carbocycles. The fraction of sp³-hybridized carbons (Fsp3) is 0.826. The standard InChI is InChI=1S/C23H39NO8/c1-29-16-18-14-20(30-2)15-21(18)22(27)7-4-3-6-19(26)17-32-13-12-31-11-9-24-23(28)8-5-10-25/h10,18,20-21H,3-9,11-17H2,1-2H3,(H,24,28)/t18-,20+,21?/m1/s1. The maximum atomic E-state index is 12.6. The third-order valence-corrected chi connectivity index (χ3v) is 5.60. The van der Waals surface area contributed by atoms with Crippen LogP contribution >= 0.6 is 0 Å². The number of methoxy groups -OCH3 is 2. The van der Waals surface area contributed by atoms with Gasteiger partial charge in [-0.25, -0.2) is 0 Å². The topological polar surface area (TPSA) is 117 Å². The van der Waals surface area contributed by atoms with Crippen molar-refractivity contribution in [3.63, 3.8) is 0 Å². The summed E-state index contributed by atoms with van der Waals surface area (Å²) in [5, 5.41) is 2.64. The monoisotopic (exact) mass is 457 g/mol. The van der Waals surface area contributed by atoms with Gasteiger partial charge in [-0.05, 0) is 31.6 Å². The second kappa shape index (κ2) is 17.8. The van der Waals surface area contributed by atoms with E-state index in [1.807, 2.05) is 0 Å². The number of hydrogen-bond acceptors (Lipinski definition) is 8. The van der Waals surface area contributed by atoms with E-state index in [-0.39, 0.29) is 54.9 Å². The maximum Gasteiger partial charge on any atom is 0.220 e. The largest absolute Gasteiger partial charge is 0.384 e. The minimum atomic E-state index is -0.179. The van der Waals surface area contributed by atoms with E-state index >= 15 is 0 Å². The van der Waals surface area contributed by atoms with E-state index in [0.717, 1.165) is 12.8 Å². The highest BCUT2D eigenvalue weighted by Gasteiger charge is 2.38. The van der Waals surface area contributed by atoms with Crippen LogP contribution in [0.5, 0.6) is 0 Å². The molecule has 1 rings (SSSR count). The van der Waals surface area contributed by atoms with Crippen LogP contribution in [0, 0.1) is 11.8 Å². The predicted molar refractivity (Wildman–Crippen MR) is 117 cm³/mol. The summed E-state index contributed by atoms with van der Waals surface area (Å²) in [6.45, 7) is 1.95. The van der Waals surface area contributed by atoms with Crippen molar-refractivity contribution in [1.29, 1.82) is 0 Å². The van der Waals surface area contributed by atoms with Crippen molar-refractivity contribution in [3.05, 3.63) is 0 Å². The number of amides is 1. The average molecular weight is 458 g/mol. The molecule has 0 aromatic heterocycles. The van der Waals surface area contributed by atoms with Gasteiger partial charge < -0.3 is 29.1 Å². The van der Waals surface area contributed by atoms with Gasteiger partial charge >= 0.3 is 0 Å². The smallest absolute Gasteiger partial charge is 0.220 e. The lowest BCUT2D eigenvalue weighted by Gasteiger charge is -2.17. The molecule has 3 atom stereocenters. The summed E-state index contributed by atoms with van der Waals surface area (Å²) in [4.78, 5) is 45.9. The van der Waals surface area contributed by atoms with E-state index in [1.54, 1.807) is 14.2 Å². The first kappa shape index (κ1) is 28.4. The summed E-state index contributed by atoms with van der Waals surface area (Å²) in [5.74, 6) is 0.281. The molecule has 0 heterocycles. The fourth-order valence-electron chi connectivity index (χ4n) is 3.88. The van der Waals surface area contributed by atoms with Crippen molar-refractivity contribution in [1.82, 2.24) is 5.32 Å². The van der Waals surface area contributed by atoms with Gasteiger partial charge in [-0.1, -0.05) is 0 Å². The van der Waals surface area contributed by atoms with E-state index in [2.05, 4.69) is 5.32 Å². The van der Waals surface area contributed by atoms with Crippen LogP contribution < -0.4 is 5.32 Å². The second-order valence-electron chi connectivity index (χ2n) is 8.08. The number of unbranched alkanes of at least 4 members (excludes halogenated alkanes) is 1. The molecule has 9 heteroatoms. The number of ketones is 2. The summed E-state index contributed by atoms with van der Waals surface area (Å²) in [5.41, 5.74) is 0. The number of aldehydes is 1. The Kier molecular flexibility index (Phi) is 15.8. The van der Waals surface area contributed by atoms with Crippen molar-refractivity contribution in [2.75, 3.05) is 53.8 Å². The molecule has 9 nitrogen and oxygen atoms in total. The zero-order valence-electron chi connectivity index (χ0n) is 19.5. The number of ether oxygens (including phenoxy) is 4. The molecule has 1 unspecified atom stereocenters. The van der Waals surface area contributed by atoms with Gasteiger partial charge in [-0.2, -0.15) is 0 Å². The van der Waals surface area contributed by atoms with Crippen LogP contribution in [0.25, 0.3) is 0 Å². The normalized spacial score (nSPS) is 20.2. The van der Waals surface area contributed by atoms with Gasteiger partial charge in [0.1, 0.15) is 18.7 Å². The maximum absolute atomic E-state index is 12.6. The number of carbonyl (C=O) groups excluding carboxylic acids is 4. The molecule has 1 aliphatic rings. The first-order valence-corrected chi connectivity index (χ1v) is 11.4. The summed E-state index contributed by atoms with van der Waals surface area (Å²) >= 11 is 0. The Morgan fingerprint density at radius 3 is 2.44 bits per heavy atom. The van der Waals surface area contributed by atoms with Crippen molar-refractivity contribution in [3.8, 4) is 0 Å². The Labute approximate surface area is 190 Å². The Balaban J connectivity index is 2.01. The van der Waals surface area contributed by atoms with Gasteiger partial charge in [0.2, 0.25) is 5.91 Å². The summed E-state index contributed by atoms with van der Waals surface area (Å²) in [6.07, 6.45) is 5.09. The lowest BCUT2D eigenvalue weighted by molar-refractivity contribution is -0.126. The zero-order valence-corrected chi connectivity index (χ0v) is 19.5. The molecule has 1 N–H and O–H groups in total. The molecule has 0 aromatic carbocycles. The minimum absolute atomic E-state index is 0.0106. The number of Topliss-reactive ketones (excluding diaryl/α,β-unsaturated/α-hetero) is 2. The van der Waals surface area contributed by atoms with E-state index in [1.165, 1.54) is 0 Å². The molecule has 0 saturated heterocycles. The number of carbonyl (C=O) groups is 4. The van der Waals surface area contributed by atoms with Crippen LogP contribution in [0.4, 0.5) is 0 Å². The van der Waals surface area contributed by atoms with E-state index < -0.39 is 0 Å². The zero-order chi connectivity index (χ0) is 23.6. The van der Waals surface area contributed by atoms with Gasteiger partial charge in [0.05, 0.1) is 25.9 Å². The quantitative estimate of drug-likeness (QED) is 0.216. The molecule has 1 amide bonds. The van der Waals surface area contributed by atoms with Crippen LogP contribution in [-0.2, 0) is 38.1 Å². The molecule has 1 fully saturated rings. The Morgan fingerprint density at radius 1 is 0.969 bits per heavy atom.